The zero-order chi connectivity index (χ0) is 18.8. The molecule has 2 atom stereocenters. The lowest BCUT2D eigenvalue weighted by Gasteiger charge is -2.17. The van der Waals surface area contributed by atoms with Gasteiger partial charge in [-0.15, -0.1) is 11.8 Å². The number of nitrogens with two attached hydrogens (primary N) is 1. The molecule has 6 nitrogen and oxygen atoms in total. The van der Waals surface area contributed by atoms with E-state index in [1.54, 1.807) is 18.9 Å². The van der Waals surface area contributed by atoms with Crippen LogP contribution in [0, 0.1) is 5.92 Å². The van der Waals surface area contributed by atoms with Crippen molar-refractivity contribution in [1.82, 2.24) is 10.6 Å². The number of thioether (sulfide) groups is 1. The first-order valence-electron chi connectivity index (χ1n) is 8.39. The van der Waals surface area contributed by atoms with E-state index >= 15 is 0 Å². The summed E-state index contributed by atoms with van der Waals surface area (Å²) in [6, 6.07) is 7.30. The molecule has 140 valence electrons. The Morgan fingerprint density at radius 3 is 2.40 bits per heavy atom. The zero-order valence-corrected chi connectivity index (χ0v) is 16.2. The van der Waals surface area contributed by atoms with Gasteiger partial charge in [0.2, 0.25) is 11.8 Å². The predicted octanol–water partition coefficient (Wildman–Crippen LogP) is 1.70. The van der Waals surface area contributed by atoms with Crippen LogP contribution in [0.3, 0.4) is 0 Å². The Bertz CT molecular complexity index is 549. The van der Waals surface area contributed by atoms with Crippen LogP contribution < -0.4 is 16.4 Å². The fraction of sp³-hybridized carbons (Fsp3) is 0.556. The number of benzene rings is 1. The van der Waals surface area contributed by atoms with Gasteiger partial charge >= 0.3 is 0 Å². The second kappa shape index (κ2) is 11.1. The first-order valence-corrected chi connectivity index (χ1v) is 9.38. The molecule has 0 fully saturated rings. The number of carbonyl (C=O) groups excluding carboxylic acids is 2. The number of hydrogen-bond donors (Lipinski definition) is 3. The van der Waals surface area contributed by atoms with Crippen LogP contribution in [0.1, 0.15) is 32.4 Å². The first-order chi connectivity index (χ1) is 11.8. The molecule has 25 heavy (non-hydrogen) atoms. The van der Waals surface area contributed by atoms with Gasteiger partial charge in [0.25, 0.3) is 0 Å². The van der Waals surface area contributed by atoms with Crippen LogP contribution in [-0.2, 0) is 14.3 Å². The van der Waals surface area contributed by atoms with Crippen molar-refractivity contribution < 1.29 is 14.3 Å². The van der Waals surface area contributed by atoms with Gasteiger partial charge in [-0.25, -0.2) is 0 Å². The standard InChI is InChI=1S/C18H29N3O3S/c1-12(2)17(19)18(23)20-11-16(22)21-13(3)14-5-7-15(8-6-14)25-10-9-24-4/h5-8,12-13,17H,9-11,19H2,1-4H3,(H,20,23)(H,21,22)/t13?,17-/m0/s1. The largest absolute Gasteiger partial charge is 0.384 e. The highest BCUT2D eigenvalue weighted by Crippen LogP contribution is 2.20. The van der Waals surface area contributed by atoms with Crippen LogP contribution in [0.25, 0.3) is 0 Å². The molecule has 1 aromatic rings. The van der Waals surface area contributed by atoms with Crippen LogP contribution >= 0.6 is 11.8 Å². The molecule has 0 radical (unpaired) electrons. The van der Waals surface area contributed by atoms with Gasteiger partial charge in [0.1, 0.15) is 0 Å². The van der Waals surface area contributed by atoms with Gasteiger partial charge < -0.3 is 21.1 Å². The quantitative estimate of drug-likeness (QED) is 0.432. The summed E-state index contributed by atoms with van der Waals surface area (Å²) < 4.78 is 5.03. The third-order valence-electron chi connectivity index (χ3n) is 3.76. The van der Waals surface area contributed by atoms with Gasteiger partial charge in [-0.2, -0.15) is 0 Å². The summed E-state index contributed by atoms with van der Waals surface area (Å²) in [5.41, 5.74) is 6.75. The van der Waals surface area contributed by atoms with Crippen LogP contribution in [-0.4, -0.2) is 43.9 Å². The average molecular weight is 368 g/mol. The van der Waals surface area contributed by atoms with E-state index in [9.17, 15) is 9.59 Å². The van der Waals surface area contributed by atoms with E-state index in [0.717, 1.165) is 16.2 Å². The van der Waals surface area contributed by atoms with Gasteiger partial charge in [-0.05, 0) is 30.5 Å². The molecule has 0 saturated carbocycles. The van der Waals surface area contributed by atoms with Crippen molar-refractivity contribution in [2.75, 3.05) is 26.0 Å². The minimum atomic E-state index is -0.603. The highest BCUT2D eigenvalue weighted by Gasteiger charge is 2.18. The molecule has 0 spiro atoms. The predicted molar refractivity (Wildman–Crippen MR) is 101 cm³/mol. The summed E-state index contributed by atoms with van der Waals surface area (Å²) in [6.07, 6.45) is 0. The van der Waals surface area contributed by atoms with E-state index < -0.39 is 6.04 Å². The third-order valence-corrected chi connectivity index (χ3v) is 4.73. The van der Waals surface area contributed by atoms with Crippen molar-refractivity contribution in [1.29, 1.82) is 0 Å². The van der Waals surface area contributed by atoms with Gasteiger partial charge in [0, 0.05) is 17.8 Å². The van der Waals surface area contributed by atoms with E-state index in [0.29, 0.717) is 6.61 Å². The lowest BCUT2D eigenvalue weighted by atomic mass is 10.1. The molecule has 0 aliphatic heterocycles. The number of rotatable bonds is 10. The van der Waals surface area contributed by atoms with Crippen molar-refractivity contribution in [3.63, 3.8) is 0 Å². The van der Waals surface area contributed by atoms with E-state index in [1.165, 1.54) is 0 Å². The summed E-state index contributed by atoms with van der Waals surface area (Å²) in [7, 11) is 1.69. The highest BCUT2D eigenvalue weighted by molar-refractivity contribution is 7.99. The molecule has 1 unspecified atom stereocenters. The summed E-state index contributed by atoms with van der Waals surface area (Å²) >= 11 is 1.72. The molecular weight excluding hydrogens is 338 g/mol. The SMILES string of the molecule is COCCSc1ccc(C(C)NC(=O)CNC(=O)[C@@H](N)C(C)C)cc1. The third kappa shape index (κ3) is 7.90. The molecule has 1 aromatic carbocycles. The summed E-state index contributed by atoms with van der Waals surface area (Å²) in [5.74, 6) is 0.383. The minimum absolute atomic E-state index is 0.0299. The molecular formula is C18H29N3O3S. The van der Waals surface area contributed by atoms with Gasteiger partial charge in [0.15, 0.2) is 0 Å². The van der Waals surface area contributed by atoms with Crippen LogP contribution in [0.5, 0.6) is 0 Å². The molecule has 0 aliphatic carbocycles. The lowest BCUT2D eigenvalue weighted by molar-refractivity contribution is -0.127. The second-order valence-electron chi connectivity index (χ2n) is 6.19. The second-order valence-corrected chi connectivity index (χ2v) is 7.36. The number of hydrogen-bond acceptors (Lipinski definition) is 5. The van der Waals surface area contributed by atoms with Crippen molar-refractivity contribution in [3.8, 4) is 0 Å². The molecule has 4 N–H and O–H groups in total. The molecule has 2 amide bonds. The Kier molecular flexibility index (Phi) is 9.55. The zero-order valence-electron chi connectivity index (χ0n) is 15.4. The molecule has 0 aromatic heterocycles. The number of ether oxygens (including phenoxy) is 1. The van der Waals surface area contributed by atoms with Gasteiger partial charge in [0.05, 0.1) is 25.2 Å². The van der Waals surface area contributed by atoms with E-state index in [2.05, 4.69) is 10.6 Å². The average Bonchev–Trinajstić information content (AvgIpc) is 2.59. The van der Waals surface area contributed by atoms with E-state index in [4.69, 9.17) is 10.5 Å². The van der Waals surface area contributed by atoms with Gasteiger partial charge in [-0.1, -0.05) is 26.0 Å². The van der Waals surface area contributed by atoms with Crippen molar-refractivity contribution >= 4 is 23.6 Å². The van der Waals surface area contributed by atoms with Crippen LogP contribution in [0.4, 0.5) is 0 Å². The van der Waals surface area contributed by atoms with E-state index in [-0.39, 0.29) is 30.3 Å². The topological polar surface area (TPSA) is 93.5 Å². The fourth-order valence-corrected chi connectivity index (χ4v) is 2.87. The maximum atomic E-state index is 12.0. The molecule has 0 heterocycles. The monoisotopic (exact) mass is 367 g/mol. The maximum Gasteiger partial charge on any atom is 0.239 e. The minimum Gasteiger partial charge on any atom is -0.384 e. The van der Waals surface area contributed by atoms with Crippen molar-refractivity contribution in [2.24, 2.45) is 11.7 Å². The Morgan fingerprint density at radius 2 is 1.84 bits per heavy atom. The normalized spacial score (nSPS) is 13.4. The number of amides is 2. The smallest absolute Gasteiger partial charge is 0.239 e. The van der Waals surface area contributed by atoms with Crippen LogP contribution in [0.15, 0.2) is 29.2 Å². The maximum absolute atomic E-state index is 12.0. The Balaban J connectivity index is 2.43. The molecule has 0 bridgehead atoms. The lowest BCUT2D eigenvalue weighted by Crippen LogP contribution is -2.47. The Hall–Kier alpha value is -1.57. The number of carbonyl (C=O) groups is 2. The van der Waals surface area contributed by atoms with E-state index in [1.807, 2.05) is 45.0 Å². The summed E-state index contributed by atoms with van der Waals surface area (Å²) in [6.45, 7) is 6.28. The molecule has 0 aliphatic rings. The first kappa shape index (κ1) is 21.5. The Labute approximate surface area is 154 Å². The van der Waals surface area contributed by atoms with Crippen molar-refractivity contribution in [3.05, 3.63) is 29.8 Å². The molecule has 7 heteroatoms. The van der Waals surface area contributed by atoms with Crippen LogP contribution in [0.2, 0.25) is 0 Å². The Morgan fingerprint density at radius 1 is 1.20 bits per heavy atom. The molecule has 1 rings (SSSR count). The number of methoxy groups -OCH3 is 1. The van der Waals surface area contributed by atoms with Crippen molar-refractivity contribution in [2.45, 2.75) is 37.8 Å². The highest BCUT2D eigenvalue weighted by atomic mass is 32.2. The fourth-order valence-electron chi connectivity index (χ4n) is 2.06. The summed E-state index contributed by atoms with van der Waals surface area (Å²) in [4.78, 5) is 24.9. The number of nitrogens with one attached hydrogen (secondary N) is 2. The molecule has 0 saturated heterocycles. The van der Waals surface area contributed by atoms with Gasteiger partial charge in [-0.3, -0.25) is 9.59 Å². The summed E-state index contributed by atoms with van der Waals surface area (Å²) in [5, 5.41) is 5.44.